The molecule has 2 amide bonds. The van der Waals surface area contributed by atoms with Crippen molar-refractivity contribution in [3.05, 3.63) is 64.7 Å². The lowest BCUT2D eigenvalue weighted by molar-refractivity contribution is 0.0985. The molecule has 10 nitrogen and oxygen atoms in total. The molecule has 34 heavy (non-hydrogen) atoms. The average molecular weight is 479 g/mol. The number of piperazine rings is 1. The molecule has 2 aromatic heterocycles. The first-order chi connectivity index (χ1) is 16.5. The molecule has 1 fully saturated rings. The van der Waals surface area contributed by atoms with Crippen LogP contribution in [0.15, 0.2) is 42.7 Å². The van der Waals surface area contributed by atoms with Gasteiger partial charge in [0.2, 0.25) is 5.95 Å². The van der Waals surface area contributed by atoms with Crippen molar-refractivity contribution in [3.8, 4) is 0 Å². The van der Waals surface area contributed by atoms with E-state index in [0.29, 0.717) is 10.7 Å². The summed E-state index contributed by atoms with van der Waals surface area (Å²) in [6.07, 6.45) is 1.30. The van der Waals surface area contributed by atoms with Crippen LogP contribution in [-0.2, 0) is 0 Å². The third-order valence-corrected chi connectivity index (χ3v) is 5.94. The van der Waals surface area contributed by atoms with Gasteiger partial charge in [0, 0.05) is 42.6 Å². The monoisotopic (exact) mass is 478 g/mol. The predicted octanol–water partition coefficient (Wildman–Crippen LogP) is 3.16. The number of anilines is 3. The number of nitrogens with one attached hydrogen (secondary N) is 5. The second-order valence-corrected chi connectivity index (χ2v) is 8.45. The average Bonchev–Trinajstić information content (AvgIpc) is 3.48. The molecular weight excluding hydrogens is 456 g/mol. The van der Waals surface area contributed by atoms with Crippen molar-refractivity contribution in [1.29, 1.82) is 0 Å². The summed E-state index contributed by atoms with van der Waals surface area (Å²) in [6.45, 7) is 5.60. The van der Waals surface area contributed by atoms with Crippen molar-refractivity contribution in [3.63, 3.8) is 0 Å². The smallest absolute Gasteiger partial charge is 0.276 e. The van der Waals surface area contributed by atoms with Crippen LogP contribution in [0.2, 0.25) is 5.02 Å². The van der Waals surface area contributed by atoms with E-state index in [-0.39, 0.29) is 17.3 Å². The van der Waals surface area contributed by atoms with Crippen molar-refractivity contribution >= 4 is 51.8 Å². The number of halogens is 1. The van der Waals surface area contributed by atoms with Crippen LogP contribution in [0.1, 0.15) is 26.5 Å². The van der Waals surface area contributed by atoms with E-state index in [1.807, 2.05) is 25.1 Å². The topological polar surface area (TPSA) is 131 Å². The molecule has 0 aliphatic carbocycles. The molecule has 1 saturated heterocycles. The Kier molecular flexibility index (Phi) is 5.91. The van der Waals surface area contributed by atoms with Gasteiger partial charge in [0.25, 0.3) is 11.8 Å². The van der Waals surface area contributed by atoms with Gasteiger partial charge in [-0.15, -0.1) is 0 Å². The van der Waals surface area contributed by atoms with Gasteiger partial charge in [-0.2, -0.15) is 0 Å². The number of fused-ring (bicyclic) bond motifs is 1. The van der Waals surface area contributed by atoms with Gasteiger partial charge in [0.1, 0.15) is 5.69 Å². The van der Waals surface area contributed by atoms with Crippen LogP contribution in [-0.4, -0.2) is 57.9 Å². The zero-order valence-electron chi connectivity index (χ0n) is 18.4. The molecule has 2 aromatic carbocycles. The van der Waals surface area contributed by atoms with Gasteiger partial charge in [0.15, 0.2) is 5.69 Å². The van der Waals surface area contributed by atoms with Crippen LogP contribution in [0, 0.1) is 6.92 Å². The van der Waals surface area contributed by atoms with E-state index < -0.39 is 11.8 Å². The molecular formula is C23H23ClN8O2. The van der Waals surface area contributed by atoms with Gasteiger partial charge in [0.05, 0.1) is 17.4 Å². The second-order valence-electron chi connectivity index (χ2n) is 8.02. The highest BCUT2D eigenvalue weighted by Crippen LogP contribution is 2.23. The fourth-order valence-electron chi connectivity index (χ4n) is 3.90. The molecule has 5 rings (SSSR count). The van der Waals surface area contributed by atoms with Gasteiger partial charge < -0.3 is 25.5 Å². The SMILES string of the molecule is Cc1ccc(Cl)cc1NC(=O)c1nc[nH]c1C(=O)Nc1nc2ccc(N3CCNCC3)cc2[nH]1. The van der Waals surface area contributed by atoms with E-state index >= 15 is 0 Å². The number of imidazole rings is 2. The number of hydrogen-bond acceptors (Lipinski definition) is 6. The first-order valence-electron chi connectivity index (χ1n) is 10.9. The number of carbonyl (C=O) groups is 2. The molecule has 0 saturated carbocycles. The lowest BCUT2D eigenvalue weighted by atomic mass is 10.2. The number of aromatic amines is 2. The highest BCUT2D eigenvalue weighted by molar-refractivity contribution is 6.31. The summed E-state index contributed by atoms with van der Waals surface area (Å²) in [5.74, 6) is -0.780. The highest BCUT2D eigenvalue weighted by atomic mass is 35.5. The number of benzene rings is 2. The number of rotatable bonds is 5. The van der Waals surface area contributed by atoms with Gasteiger partial charge >= 0.3 is 0 Å². The van der Waals surface area contributed by atoms with Gasteiger partial charge in [-0.25, -0.2) is 9.97 Å². The fourth-order valence-corrected chi connectivity index (χ4v) is 4.07. The quantitative estimate of drug-likeness (QED) is 0.299. The van der Waals surface area contributed by atoms with Gasteiger partial charge in [-0.05, 0) is 42.8 Å². The number of aryl methyl sites for hydroxylation is 1. The summed E-state index contributed by atoms with van der Waals surface area (Å²) < 4.78 is 0. The first kappa shape index (κ1) is 21.9. The highest BCUT2D eigenvalue weighted by Gasteiger charge is 2.22. The van der Waals surface area contributed by atoms with Crippen LogP contribution < -0.4 is 20.9 Å². The van der Waals surface area contributed by atoms with Crippen LogP contribution in [0.25, 0.3) is 11.0 Å². The van der Waals surface area contributed by atoms with Crippen LogP contribution in [0.4, 0.5) is 17.3 Å². The Hall–Kier alpha value is -3.89. The number of carbonyl (C=O) groups excluding carboxylic acids is 2. The lowest BCUT2D eigenvalue weighted by Gasteiger charge is -2.29. The van der Waals surface area contributed by atoms with Crippen LogP contribution >= 0.6 is 11.6 Å². The third-order valence-electron chi connectivity index (χ3n) is 5.71. The Morgan fingerprint density at radius 3 is 2.71 bits per heavy atom. The zero-order valence-corrected chi connectivity index (χ0v) is 19.2. The molecule has 0 spiro atoms. The number of amides is 2. The first-order valence-corrected chi connectivity index (χ1v) is 11.2. The van der Waals surface area contributed by atoms with E-state index in [1.165, 1.54) is 6.33 Å². The fraction of sp³-hybridized carbons (Fsp3) is 0.217. The number of aromatic nitrogens is 4. The maximum atomic E-state index is 12.9. The standard InChI is InChI=1S/C23H23ClN8O2/c1-13-2-3-14(24)10-17(13)28-21(33)19-20(27-12-26-19)22(34)31-23-29-16-5-4-15(11-18(16)30-23)32-8-6-25-7-9-32/h2-5,10-12,25H,6-9H2,1H3,(H,26,27)(H,28,33)(H2,29,30,31,34). The number of H-pyrrole nitrogens is 2. The molecule has 0 unspecified atom stereocenters. The normalized spacial score (nSPS) is 13.8. The second kappa shape index (κ2) is 9.16. The summed E-state index contributed by atoms with van der Waals surface area (Å²) >= 11 is 6.03. The number of nitrogens with zero attached hydrogens (tertiary/aromatic N) is 3. The molecule has 3 heterocycles. The molecule has 1 aliphatic heterocycles. The summed E-state index contributed by atoms with van der Waals surface area (Å²) in [6, 6.07) is 11.1. The van der Waals surface area contributed by atoms with Crippen molar-refractivity contribution in [2.24, 2.45) is 0 Å². The summed E-state index contributed by atoms with van der Waals surface area (Å²) in [5.41, 5.74) is 4.01. The number of hydrogen-bond donors (Lipinski definition) is 5. The summed E-state index contributed by atoms with van der Waals surface area (Å²) in [7, 11) is 0. The Bertz CT molecular complexity index is 1370. The lowest BCUT2D eigenvalue weighted by Crippen LogP contribution is -2.43. The van der Waals surface area contributed by atoms with Crippen molar-refractivity contribution < 1.29 is 9.59 Å². The minimum Gasteiger partial charge on any atom is -0.369 e. The van der Waals surface area contributed by atoms with E-state index in [2.05, 4.69) is 40.8 Å². The molecule has 1 aliphatic rings. The molecule has 0 radical (unpaired) electrons. The molecule has 4 aromatic rings. The molecule has 174 valence electrons. The Labute approximate surface area is 200 Å². The van der Waals surface area contributed by atoms with Crippen molar-refractivity contribution in [1.82, 2.24) is 25.3 Å². The minimum absolute atomic E-state index is 0.0270. The van der Waals surface area contributed by atoms with Crippen LogP contribution in [0.3, 0.4) is 0 Å². The van der Waals surface area contributed by atoms with Gasteiger partial charge in [-0.1, -0.05) is 17.7 Å². The van der Waals surface area contributed by atoms with E-state index in [9.17, 15) is 9.59 Å². The van der Waals surface area contributed by atoms with E-state index in [0.717, 1.165) is 48.5 Å². The van der Waals surface area contributed by atoms with E-state index in [4.69, 9.17) is 11.6 Å². The maximum Gasteiger partial charge on any atom is 0.276 e. The van der Waals surface area contributed by atoms with E-state index in [1.54, 1.807) is 18.2 Å². The maximum absolute atomic E-state index is 12.9. The molecule has 5 N–H and O–H groups in total. The van der Waals surface area contributed by atoms with Crippen molar-refractivity contribution in [2.45, 2.75) is 6.92 Å². The van der Waals surface area contributed by atoms with Crippen molar-refractivity contribution in [2.75, 3.05) is 41.7 Å². The molecule has 0 bridgehead atoms. The molecule has 11 heteroatoms. The summed E-state index contributed by atoms with van der Waals surface area (Å²) in [4.78, 5) is 42.4. The van der Waals surface area contributed by atoms with Crippen LogP contribution in [0.5, 0.6) is 0 Å². The third kappa shape index (κ3) is 4.45. The zero-order chi connectivity index (χ0) is 23.7. The molecule has 0 atom stereocenters. The Morgan fingerprint density at radius 1 is 1.06 bits per heavy atom. The Morgan fingerprint density at radius 2 is 1.88 bits per heavy atom. The Balaban J connectivity index is 1.32. The largest absolute Gasteiger partial charge is 0.369 e. The minimum atomic E-state index is -0.535. The van der Waals surface area contributed by atoms with Gasteiger partial charge in [-0.3, -0.25) is 14.9 Å². The summed E-state index contributed by atoms with van der Waals surface area (Å²) in [5, 5.41) is 9.30. The predicted molar refractivity (Wildman–Crippen MR) is 132 cm³/mol.